The number of fused-ring (bicyclic) bond motifs is 1. The van der Waals surface area contributed by atoms with Crippen LogP contribution in [0.1, 0.15) is 34.5 Å². The number of rotatable bonds is 3. The standard InChI is InChI=1S/C17H12ClF3N2O2/c18-12-6-9(19)7-13(20)10(12)8-23-16(25)17(21)4-3-14(24)15-11(17)2-1-5-22-15/h1-2,5-7H,3-4,8H2,(H,23,25)/t17-/m0/s1. The first-order chi connectivity index (χ1) is 11.8. The van der Waals surface area contributed by atoms with Crippen LogP contribution in [0, 0.1) is 11.6 Å². The Morgan fingerprint density at radius 1 is 1.36 bits per heavy atom. The number of nitrogens with one attached hydrogen (secondary N) is 1. The molecule has 1 atom stereocenters. The maximum Gasteiger partial charge on any atom is 0.262 e. The van der Waals surface area contributed by atoms with E-state index < -0.39 is 29.8 Å². The van der Waals surface area contributed by atoms with Gasteiger partial charge in [0.2, 0.25) is 5.67 Å². The molecule has 4 nitrogen and oxygen atoms in total. The van der Waals surface area contributed by atoms with E-state index in [0.717, 1.165) is 6.07 Å². The van der Waals surface area contributed by atoms with Gasteiger partial charge in [-0.25, -0.2) is 13.2 Å². The van der Waals surface area contributed by atoms with Crippen LogP contribution in [-0.2, 0) is 17.0 Å². The zero-order valence-electron chi connectivity index (χ0n) is 12.8. The highest BCUT2D eigenvalue weighted by Gasteiger charge is 2.46. The third-order valence-corrected chi connectivity index (χ3v) is 4.42. The fourth-order valence-electron chi connectivity index (χ4n) is 2.77. The van der Waals surface area contributed by atoms with Crippen LogP contribution in [0.3, 0.4) is 0 Å². The van der Waals surface area contributed by atoms with E-state index in [2.05, 4.69) is 10.3 Å². The molecule has 1 aliphatic rings. The Morgan fingerprint density at radius 2 is 2.12 bits per heavy atom. The van der Waals surface area contributed by atoms with E-state index in [4.69, 9.17) is 11.6 Å². The predicted octanol–water partition coefficient (Wildman–Crippen LogP) is 3.47. The minimum atomic E-state index is -2.46. The molecular formula is C17H12ClF3N2O2. The first kappa shape index (κ1) is 17.4. The van der Waals surface area contributed by atoms with Crippen LogP contribution < -0.4 is 5.32 Å². The molecule has 0 saturated carbocycles. The van der Waals surface area contributed by atoms with Crippen molar-refractivity contribution in [1.29, 1.82) is 0 Å². The van der Waals surface area contributed by atoms with Crippen LogP contribution in [0.4, 0.5) is 13.2 Å². The molecule has 1 aromatic heterocycles. The number of Topliss-reactive ketones (excluding diaryl/α,β-unsaturated/α-hetero) is 1. The van der Waals surface area contributed by atoms with Crippen molar-refractivity contribution in [2.45, 2.75) is 25.1 Å². The number of carbonyl (C=O) groups is 2. The number of amides is 1. The lowest BCUT2D eigenvalue weighted by molar-refractivity contribution is -0.134. The maximum absolute atomic E-state index is 15.3. The van der Waals surface area contributed by atoms with Gasteiger partial charge in [0.25, 0.3) is 5.91 Å². The summed E-state index contributed by atoms with van der Waals surface area (Å²) < 4.78 is 42.1. The lowest BCUT2D eigenvalue weighted by Gasteiger charge is -2.29. The van der Waals surface area contributed by atoms with E-state index in [9.17, 15) is 18.4 Å². The predicted molar refractivity (Wildman–Crippen MR) is 83.8 cm³/mol. The van der Waals surface area contributed by atoms with Gasteiger partial charge in [-0.3, -0.25) is 14.6 Å². The molecule has 0 unspecified atom stereocenters. The van der Waals surface area contributed by atoms with Crippen LogP contribution in [0.2, 0.25) is 5.02 Å². The zero-order valence-corrected chi connectivity index (χ0v) is 13.5. The van der Waals surface area contributed by atoms with E-state index in [1.165, 1.54) is 18.3 Å². The normalized spacial score (nSPS) is 19.4. The zero-order chi connectivity index (χ0) is 18.2. The van der Waals surface area contributed by atoms with Gasteiger partial charge in [-0.2, -0.15) is 0 Å². The number of alkyl halides is 1. The van der Waals surface area contributed by atoms with Crippen LogP contribution >= 0.6 is 11.6 Å². The Morgan fingerprint density at radius 3 is 2.84 bits per heavy atom. The highest BCUT2D eigenvalue weighted by Crippen LogP contribution is 2.38. The highest BCUT2D eigenvalue weighted by molar-refractivity contribution is 6.31. The molecule has 0 spiro atoms. The summed E-state index contributed by atoms with van der Waals surface area (Å²) in [6, 6.07) is 4.27. The number of hydrogen-bond donors (Lipinski definition) is 1. The quantitative estimate of drug-likeness (QED) is 0.902. The van der Waals surface area contributed by atoms with Gasteiger partial charge in [-0.15, -0.1) is 0 Å². The fraction of sp³-hybridized carbons (Fsp3) is 0.235. The third kappa shape index (κ3) is 3.11. The van der Waals surface area contributed by atoms with Gasteiger partial charge >= 0.3 is 0 Å². The Hall–Kier alpha value is -2.41. The van der Waals surface area contributed by atoms with Crippen LogP contribution in [-0.4, -0.2) is 16.7 Å². The maximum atomic E-state index is 15.3. The molecule has 1 N–H and O–H groups in total. The van der Waals surface area contributed by atoms with E-state index in [0.29, 0.717) is 6.07 Å². The smallest absolute Gasteiger partial charge is 0.262 e. The summed E-state index contributed by atoms with van der Waals surface area (Å²) in [7, 11) is 0. The van der Waals surface area contributed by atoms with Crippen molar-refractivity contribution in [2.75, 3.05) is 0 Å². The second-order valence-electron chi connectivity index (χ2n) is 5.65. The number of ketones is 1. The summed E-state index contributed by atoms with van der Waals surface area (Å²) in [5, 5.41) is 2.05. The largest absolute Gasteiger partial charge is 0.349 e. The van der Waals surface area contributed by atoms with Crippen LogP contribution in [0.25, 0.3) is 0 Å². The van der Waals surface area contributed by atoms with Crippen molar-refractivity contribution >= 4 is 23.3 Å². The van der Waals surface area contributed by atoms with Gasteiger partial charge in [0.15, 0.2) is 5.78 Å². The van der Waals surface area contributed by atoms with E-state index >= 15 is 4.39 Å². The Kier molecular flexibility index (Phi) is 4.51. The monoisotopic (exact) mass is 368 g/mol. The number of aromatic nitrogens is 1. The average molecular weight is 369 g/mol. The van der Waals surface area contributed by atoms with Gasteiger partial charge in [-0.1, -0.05) is 17.7 Å². The number of benzene rings is 1. The minimum absolute atomic E-state index is 0.0857. The molecule has 0 radical (unpaired) electrons. The summed E-state index contributed by atoms with van der Waals surface area (Å²) in [4.78, 5) is 28.1. The molecule has 0 fully saturated rings. The molecule has 1 aromatic carbocycles. The van der Waals surface area contributed by atoms with Crippen molar-refractivity contribution < 1.29 is 22.8 Å². The number of carbonyl (C=O) groups excluding carboxylic acids is 2. The van der Waals surface area contributed by atoms with Crippen LogP contribution in [0.15, 0.2) is 30.5 Å². The van der Waals surface area contributed by atoms with Crippen molar-refractivity contribution in [1.82, 2.24) is 10.3 Å². The van der Waals surface area contributed by atoms with Crippen molar-refractivity contribution in [3.8, 4) is 0 Å². The molecule has 25 heavy (non-hydrogen) atoms. The van der Waals surface area contributed by atoms with Gasteiger partial charge in [0.1, 0.15) is 17.3 Å². The molecule has 0 bridgehead atoms. The lowest BCUT2D eigenvalue weighted by atomic mass is 9.81. The number of halogens is 4. The third-order valence-electron chi connectivity index (χ3n) is 4.09. The molecule has 3 rings (SSSR count). The minimum Gasteiger partial charge on any atom is -0.349 e. The second kappa shape index (κ2) is 6.48. The van der Waals surface area contributed by atoms with Crippen molar-refractivity contribution in [2.24, 2.45) is 0 Å². The number of hydrogen-bond acceptors (Lipinski definition) is 3. The van der Waals surface area contributed by atoms with E-state index in [1.54, 1.807) is 0 Å². The molecule has 8 heteroatoms. The molecule has 1 aliphatic carbocycles. The van der Waals surface area contributed by atoms with Gasteiger partial charge in [-0.05, 0) is 12.1 Å². The SMILES string of the molecule is O=C1CC[C@@](F)(C(=O)NCc2c(F)cc(F)cc2Cl)c2cccnc21. The van der Waals surface area contributed by atoms with E-state index in [-0.39, 0.29) is 40.5 Å². The summed E-state index contributed by atoms with van der Waals surface area (Å²) in [5.74, 6) is -3.18. The molecular weight excluding hydrogens is 357 g/mol. The fourth-order valence-corrected chi connectivity index (χ4v) is 3.03. The highest BCUT2D eigenvalue weighted by atomic mass is 35.5. The number of nitrogens with zero attached hydrogens (tertiary/aromatic N) is 1. The number of pyridine rings is 1. The molecule has 130 valence electrons. The molecule has 1 heterocycles. The van der Waals surface area contributed by atoms with Crippen molar-refractivity contribution in [3.63, 3.8) is 0 Å². The van der Waals surface area contributed by atoms with E-state index in [1.807, 2.05) is 0 Å². The Balaban J connectivity index is 1.85. The lowest BCUT2D eigenvalue weighted by Crippen LogP contribution is -2.44. The Bertz CT molecular complexity index is 852. The molecule has 1 amide bonds. The van der Waals surface area contributed by atoms with Gasteiger partial charge in [0.05, 0.1) is 5.02 Å². The summed E-state index contributed by atoms with van der Waals surface area (Å²) in [5.41, 5.74) is -2.81. The first-order valence-electron chi connectivity index (χ1n) is 7.42. The second-order valence-corrected chi connectivity index (χ2v) is 6.06. The Labute approximate surface area is 146 Å². The molecule has 0 saturated heterocycles. The average Bonchev–Trinajstić information content (AvgIpc) is 2.57. The summed E-state index contributed by atoms with van der Waals surface area (Å²) >= 11 is 5.76. The van der Waals surface area contributed by atoms with Gasteiger partial charge in [0, 0.05) is 42.8 Å². The summed E-state index contributed by atoms with van der Waals surface area (Å²) in [6.45, 7) is -0.418. The molecule has 0 aliphatic heterocycles. The molecule has 2 aromatic rings. The van der Waals surface area contributed by atoms with Crippen LogP contribution in [0.5, 0.6) is 0 Å². The summed E-state index contributed by atoms with van der Waals surface area (Å²) in [6.07, 6.45) is 0.837. The topological polar surface area (TPSA) is 59.1 Å². The first-order valence-corrected chi connectivity index (χ1v) is 7.80. The van der Waals surface area contributed by atoms with Crippen molar-refractivity contribution in [3.05, 3.63) is 63.9 Å². The van der Waals surface area contributed by atoms with Gasteiger partial charge < -0.3 is 5.32 Å².